The lowest BCUT2D eigenvalue weighted by atomic mass is 10.1. The van der Waals surface area contributed by atoms with Gasteiger partial charge in [-0.1, -0.05) is 17.7 Å². The van der Waals surface area contributed by atoms with Gasteiger partial charge in [0.05, 0.1) is 16.8 Å². The lowest BCUT2D eigenvalue weighted by molar-refractivity contribution is 0.0468. The zero-order chi connectivity index (χ0) is 19.0. The highest BCUT2D eigenvalue weighted by Crippen LogP contribution is 2.18. The number of nitrogens with zero attached hydrogens (tertiary/aromatic N) is 3. The van der Waals surface area contributed by atoms with E-state index < -0.39 is 5.97 Å². The quantitative estimate of drug-likeness (QED) is 0.402. The third kappa shape index (κ3) is 3.39. The Bertz CT molecular complexity index is 1250. The van der Waals surface area contributed by atoms with E-state index in [4.69, 9.17) is 16.3 Å². The van der Waals surface area contributed by atoms with Gasteiger partial charge in [0.15, 0.2) is 0 Å². The van der Waals surface area contributed by atoms with E-state index in [1.165, 1.54) is 10.5 Å². The molecule has 0 saturated heterocycles. The monoisotopic (exact) mass is 379 g/mol. The van der Waals surface area contributed by atoms with E-state index >= 15 is 0 Å². The molecule has 0 fully saturated rings. The van der Waals surface area contributed by atoms with Crippen LogP contribution in [-0.2, 0) is 11.3 Å². The summed E-state index contributed by atoms with van der Waals surface area (Å²) in [5.41, 5.74) is 2.67. The van der Waals surface area contributed by atoms with Gasteiger partial charge in [0, 0.05) is 17.6 Å². The SMILES string of the molecule is Cc1cccn2c(=O)cc(COC(=O)c3ccc4nc(Cl)ccc4c3)nc12. The predicted octanol–water partition coefficient (Wildman–Crippen LogP) is 3.56. The molecule has 4 aromatic rings. The summed E-state index contributed by atoms with van der Waals surface area (Å²) in [7, 11) is 0. The average Bonchev–Trinajstić information content (AvgIpc) is 2.66. The van der Waals surface area contributed by atoms with Gasteiger partial charge in [-0.2, -0.15) is 0 Å². The van der Waals surface area contributed by atoms with Crippen molar-refractivity contribution < 1.29 is 9.53 Å². The molecule has 0 aliphatic carbocycles. The number of hydrogen-bond donors (Lipinski definition) is 0. The lowest BCUT2D eigenvalue weighted by Crippen LogP contribution is -2.17. The number of esters is 1. The Morgan fingerprint density at radius 1 is 1.15 bits per heavy atom. The van der Waals surface area contributed by atoms with Crippen molar-refractivity contribution in [2.75, 3.05) is 0 Å². The van der Waals surface area contributed by atoms with Crippen LogP contribution in [-0.4, -0.2) is 20.3 Å². The molecule has 0 aliphatic rings. The maximum atomic E-state index is 12.4. The largest absolute Gasteiger partial charge is 0.456 e. The predicted molar refractivity (Wildman–Crippen MR) is 102 cm³/mol. The molecule has 3 aromatic heterocycles. The van der Waals surface area contributed by atoms with Crippen LogP contribution in [0.4, 0.5) is 0 Å². The van der Waals surface area contributed by atoms with Crippen LogP contribution in [0.5, 0.6) is 0 Å². The molecular formula is C20H14ClN3O3. The molecule has 0 amide bonds. The summed E-state index contributed by atoms with van der Waals surface area (Å²) in [6, 6.07) is 13.5. The highest BCUT2D eigenvalue weighted by Gasteiger charge is 2.11. The van der Waals surface area contributed by atoms with Gasteiger partial charge in [-0.3, -0.25) is 9.20 Å². The van der Waals surface area contributed by atoms with E-state index in [1.54, 1.807) is 42.6 Å². The first-order valence-corrected chi connectivity index (χ1v) is 8.60. The van der Waals surface area contributed by atoms with Crippen LogP contribution < -0.4 is 5.56 Å². The Morgan fingerprint density at radius 2 is 2.00 bits per heavy atom. The summed E-state index contributed by atoms with van der Waals surface area (Å²) < 4.78 is 6.79. The van der Waals surface area contributed by atoms with Crippen LogP contribution in [0.2, 0.25) is 5.15 Å². The molecule has 6 nitrogen and oxygen atoms in total. The fourth-order valence-corrected chi connectivity index (χ4v) is 2.99. The minimum atomic E-state index is -0.501. The molecule has 3 heterocycles. The van der Waals surface area contributed by atoms with Crippen LogP contribution in [0.25, 0.3) is 16.6 Å². The van der Waals surface area contributed by atoms with E-state index in [2.05, 4.69) is 9.97 Å². The van der Waals surface area contributed by atoms with Gasteiger partial charge in [0.2, 0.25) is 0 Å². The second-order valence-corrected chi connectivity index (χ2v) is 6.48. The molecule has 0 unspecified atom stereocenters. The maximum Gasteiger partial charge on any atom is 0.338 e. The molecule has 0 N–H and O–H groups in total. The Hall–Kier alpha value is -3.25. The first-order valence-electron chi connectivity index (χ1n) is 8.22. The second kappa shape index (κ2) is 6.81. The van der Waals surface area contributed by atoms with Crippen LogP contribution in [0.3, 0.4) is 0 Å². The normalized spacial score (nSPS) is 11.0. The lowest BCUT2D eigenvalue weighted by Gasteiger charge is -2.08. The maximum absolute atomic E-state index is 12.4. The molecule has 0 radical (unpaired) electrons. The summed E-state index contributed by atoms with van der Waals surface area (Å²) in [6.45, 7) is 1.78. The van der Waals surface area contributed by atoms with Crippen molar-refractivity contribution in [3.05, 3.63) is 87.1 Å². The minimum absolute atomic E-state index is 0.0875. The zero-order valence-electron chi connectivity index (χ0n) is 14.3. The van der Waals surface area contributed by atoms with Gasteiger partial charge >= 0.3 is 5.97 Å². The van der Waals surface area contributed by atoms with Crippen molar-refractivity contribution in [2.24, 2.45) is 0 Å². The number of aryl methyl sites for hydroxylation is 1. The van der Waals surface area contributed by atoms with E-state index in [9.17, 15) is 9.59 Å². The molecule has 27 heavy (non-hydrogen) atoms. The summed E-state index contributed by atoms with van der Waals surface area (Å²) in [4.78, 5) is 33.2. The van der Waals surface area contributed by atoms with Gasteiger partial charge in [-0.15, -0.1) is 0 Å². The second-order valence-electron chi connectivity index (χ2n) is 6.09. The number of pyridine rings is 2. The topological polar surface area (TPSA) is 73.6 Å². The Labute approximate surface area is 159 Å². The Morgan fingerprint density at radius 3 is 2.85 bits per heavy atom. The Balaban J connectivity index is 1.57. The average molecular weight is 380 g/mol. The van der Waals surface area contributed by atoms with Gasteiger partial charge in [-0.05, 0) is 48.9 Å². The number of aromatic nitrogens is 3. The van der Waals surface area contributed by atoms with Crippen molar-refractivity contribution in [1.82, 2.24) is 14.4 Å². The summed E-state index contributed by atoms with van der Waals surface area (Å²) >= 11 is 5.87. The number of halogens is 1. The van der Waals surface area contributed by atoms with Crippen molar-refractivity contribution in [1.29, 1.82) is 0 Å². The summed E-state index contributed by atoms with van der Waals surface area (Å²) in [6.07, 6.45) is 1.66. The minimum Gasteiger partial charge on any atom is -0.456 e. The number of rotatable bonds is 3. The summed E-state index contributed by atoms with van der Waals surface area (Å²) in [5.74, 6) is -0.501. The van der Waals surface area contributed by atoms with E-state index in [-0.39, 0.29) is 12.2 Å². The molecule has 7 heteroatoms. The van der Waals surface area contributed by atoms with Crippen LogP contribution in [0.15, 0.2) is 59.5 Å². The molecular weight excluding hydrogens is 366 g/mol. The van der Waals surface area contributed by atoms with Crippen molar-refractivity contribution in [3.8, 4) is 0 Å². The number of ether oxygens (including phenoxy) is 1. The Kier molecular flexibility index (Phi) is 4.33. The third-order valence-corrected chi connectivity index (χ3v) is 4.39. The number of carbonyl (C=O) groups is 1. The first kappa shape index (κ1) is 17.2. The van der Waals surface area contributed by atoms with E-state index in [1.807, 2.05) is 13.0 Å². The van der Waals surface area contributed by atoms with Gasteiger partial charge in [-0.25, -0.2) is 14.8 Å². The van der Waals surface area contributed by atoms with Crippen molar-refractivity contribution >= 4 is 34.1 Å². The standard InChI is InChI=1S/C20H14ClN3O3/c1-12-3-2-8-24-18(25)10-15(22-19(12)24)11-27-20(26)14-4-6-16-13(9-14)5-7-17(21)23-16/h2-10H,11H2,1H3. The van der Waals surface area contributed by atoms with Gasteiger partial charge in [0.25, 0.3) is 5.56 Å². The number of carbonyl (C=O) groups excluding carboxylic acids is 1. The van der Waals surface area contributed by atoms with Gasteiger partial charge in [0.1, 0.15) is 17.4 Å². The van der Waals surface area contributed by atoms with Crippen LogP contribution >= 0.6 is 11.6 Å². The number of fused-ring (bicyclic) bond motifs is 2. The molecule has 0 spiro atoms. The first-order chi connectivity index (χ1) is 13.0. The molecule has 0 atom stereocenters. The van der Waals surface area contributed by atoms with E-state index in [0.717, 1.165) is 10.9 Å². The molecule has 0 aliphatic heterocycles. The molecule has 0 bridgehead atoms. The highest BCUT2D eigenvalue weighted by molar-refractivity contribution is 6.29. The number of benzene rings is 1. The highest BCUT2D eigenvalue weighted by atomic mass is 35.5. The zero-order valence-corrected chi connectivity index (χ0v) is 15.1. The smallest absolute Gasteiger partial charge is 0.338 e. The number of hydrogen-bond acceptors (Lipinski definition) is 5. The van der Waals surface area contributed by atoms with E-state index in [0.29, 0.717) is 27.6 Å². The van der Waals surface area contributed by atoms with Crippen molar-refractivity contribution in [3.63, 3.8) is 0 Å². The van der Waals surface area contributed by atoms with Crippen LogP contribution in [0.1, 0.15) is 21.6 Å². The van der Waals surface area contributed by atoms with Crippen molar-refractivity contribution in [2.45, 2.75) is 13.5 Å². The van der Waals surface area contributed by atoms with Gasteiger partial charge < -0.3 is 4.74 Å². The molecule has 0 saturated carbocycles. The van der Waals surface area contributed by atoms with Crippen LogP contribution in [0, 0.1) is 6.92 Å². The molecule has 1 aromatic carbocycles. The summed E-state index contributed by atoms with van der Waals surface area (Å²) in [5, 5.41) is 1.17. The fraction of sp³-hybridized carbons (Fsp3) is 0.100. The molecule has 4 rings (SSSR count). The third-order valence-electron chi connectivity index (χ3n) is 4.18. The molecule has 134 valence electrons. The fourth-order valence-electron chi connectivity index (χ4n) is 2.83.